The number of hydrogen-bond acceptors (Lipinski definition) is 3. The largest absolute Gasteiger partial charge is 0.481 e. The second kappa shape index (κ2) is 6.75. The fraction of sp³-hybridized carbons (Fsp3) is 0.125. The summed E-state index contributed by atoms with van der Waals surface area (Å²) in [5.74, 6) is -0.952. The third kappa shape index (κ3) is 4.50. The summed E-state index contributed by atoms with van der Waals surface area (Å²) in [7, 11) is 0. The van der Waals surface area contributed by atoms with Crippen molar-refractivity contribution in [2.75, 3.05) is 0 Å². The van der Waals surface area contributed by atoms with Crippen molar-refractivity contribution in [1.82, 2.24) is 0 Å². The number of nitrogens with zero attached hydrogens (tertiary/aromatic N) is 1. The van der Waals surface area contributed by atoms with Gasteiger partial charge in [-0.15, -0.1) is 0 Å². The lowest BCUT2D eigenvalue weighted by atomic mass is 10.1. The standard InChI is InChI=1S/C16H10F3NO2S/c17-16(18,19)14-8-13(6-3-11(14)9-20)23-12-4-1-10(2-5-12)7-15(21)22/h1-6,8H,7H2,(H,21,22). The van der Waals surface area contributed by atoms with Crippen molar-refractivity contribution in [3.8, 4) is 6.07 Å². The predicted octanol–water partition coefficient (Wildman–Crippen LogP) is 4.36. The van der Waals surface area contributed by atoms with Crippen LogP contribution in [0.3, 0.4) is 0 Å². The molecule has 0 radical (unpaired) electrons. The molecular weight excluding hydrogens is 327 g/mol. The summed E-state index contributed by atoms with van der Waals surface area (Å²) in [4.78, 5) is 11.6. The highest BCUT2D eigenvalue weighted by atomic mass is 32.2. The highest BCUT2D eigenvalue weighted by Crippen LogP contribution is 2.36. The van der Waals surface area contributed by atoms with Gasteiger partial charge in [0.25, 0.3) is 0 Å². The maximum atomic E-state index is 12.9. The summed E-state index contributed by atoms with van der Waals surface area (Å²) in [6.07, 6.45) is -4.70. The molecule has 0 saturated carbocycles. The smallest absolute Gasteiger partial charge is 0.417 e. The minimum absolute atomic E-state index is 0.111. The molecule has 0 unspecified atom stereocenters. The van der Waals surface area contributed by atoms with E-state index in [0.29, 0.717) is 15.4 Å². The normalized spacial score (nSPS) is 11.0. The monoisotopic (exact) mass is 337 g/mol. The van der Waals surface area contributed by atoms with Crippen LogP contribution in [0.5, 0.6) is 0 Å². The highest BCUT2D eigenvalue weighted by molar-refractivity contribution is 7.99. The molecule has 1 N–H and O–H groups in total. The SMILES string of the molecule is N#Cc1ccc(Sc2ccc(CC(=O)O)cc2)cc1C(F)(F)F. The van der Waals surface area contributed by atoms with Gasteiger partial charge in [-0.3, -0.25) is 4.79 Å². The van der Waals surface area contributed by atoms with E-state index in [0.717, 1.165) is 23.9 Å². The van der Waals surface area contributed by atoms with Crippen molar-refractivity contribution < 1.29 is 23.1 Å². The fourth-order valence-electron chi connectivity index (χ4n) is 1.90. The molecular formula is C16H10F3NO2S. The zero-order valence-electron chi connectivity index (χ0n) is 11.6. The number of aliphatic carboxylic acids is 1. The van der Waals surface area contributed by atoms with Gasteiger partial charge in [0.05, 0.1) is 23.6 Å². The number of rotatable bonds is 4. The average molecular weight is 337 g/mol. The van der Waals surface area contributed by atoms with E-state index in [-0.39, 0.29) is 6.42 Å². The first-order valence-corrected chi connectivity index (χ1v) is 7.21. The summed E-state index contributed by atoms with van der Waals surface area (Å²) in [6.45, 7) is 0. The zero-order valence-corrected chi connectivity index (χ0v) is 12.4. The number of alkyl halides is 3. The van der Waals surface area contributed by atoms with Gasteiger partial charge in [-0.25, -0.2) is 0 Å². The van der Waals surface area contributed by atoms with Crippen LogP contribution in [0.4, 0.5) is 13.2 Å². The number of carboxylic acid groups (broad SMARTS) is 1. The molecule has 0 aromatic heterocycles. The van der Waals surface area contributed by atoms with Crippen molar-refractivity contribution in [3.63, 3.8) is 0 Å². The topological polar surface area (TPSA) is 61.1 Å². The van der Waals surface area contributed by atoms with Crippen molar-refractivity contribution in [3.05, 3.63) is 59.2 Å². The third-order valence-electron chi connectivity index (χ3n) is 2.93. The summed E-state index contributed by atoms with van der Waals surface area (Å²) in [6, 6.07) is 11.6. The van der Waals surface area contributed by atoms with Gasteiger partial charge in [0.15, 0.2) is 0 Å². The van der Waals surface area contributed by atoms with Crippen LogP contribution in [0, 0.1) is 11.3 Å². The number of carboxylic acids is 1. The van der Waals surface area contributed by atoms with Crippen LogP contribution in [-0.4, -0.2) is 11.1 Å². The second-order valence-corrected chi connectivity index (χ2v) is 5.78. The predicted molar refractivity (Wildman–Crippen MR) is 78.1 cm³/mol. The molecule has 0 aliphatic heterocycles. The lowest BCUT2D eigenvalue weighted by Crippen LogP contribution is -2.07. The minimum Gasteiger partial charge on any atom is -0.481 e. The first kappa shape index (κ1) is 16.9. The Labute approximate surface area is 134 Å². The van der Waals surface area contributed by atoms with Crippen molar-refractivity contribution >= 4 is 17.7 Å². The molecule has 3 nitrogen and oxygen atoms in total. The molecule has 0 heterocycles. The third-order valence-corrected chi connectivity index (χ3v) is 3.93. The van der Waals surface area contributed by atoms with Gasteiger partial charge in [0.2, 0.25) is 0 Å². The Balaban J connectivity index is 2.24. The maximum Gasteiger partial charge on any atom is 0.417 e. The number of carbonyl (C=O) groups is 1. The van der Waals surface area contributed by atoms with Gasteiger partial charge in [-0.1, -0.05) is 23.9 Å². The molecule has 0 saturated heterocycles. The summed E-state index contributed by atoms with van der Waals surface area (Å²) >= 11 is 1.11. The molecule has 7 heteroatoms. The van der Waals surface area contributed by atoms with Gasteiger partial charge in [-0.05, 0) is 35.9 Å². The summed E-state index contributed by atoms with van der Waals surface area (Å²) < 4.78 is 38.7. The van der Waals surface area contributed by atoms with Crippen LogP contribution in [0.2, 0.25) is 0 Å². The molecule has 0 amide bonds. The Morgan fingerprint density at radius 2 is 1.74 bits per heavy atom. The summed E-state index contributed by atoms with van der Waals surface area (Å²) in [5.41, 5.74) is -0.774. The van der Waals surface area contributed by atoms with E-state index >= 15 is 0 Å². The van der Waals surface area contributed by atoms with Crippen LogP contribution in [0.1, 0.15) is 16.7 Å². The Bertz CT molecular complexity index is 764. The molecule has 2 aromatic carbocycles. The fourth-order valence-corrected chi connectivity index (χ4v) is 2.76. The molecule has 118 valence electrons. The van der Waals surface area contributed by atoms with Gasteiger partial charge in [0.1, 0.15) is 0 Å². The minimum atomic E-state index is -4.59. The van der Waals surface area contributed by atoms with Crippen molar-refractivity contribution in [1.29, 1.82) is 5.26 Å². The van der Waals surface area contributed by atoms with E-state index in [2.05, 4.69) is 0 Å². The molecule has 23 heavy (non-hydrogen) atoms. The van der Waals surface area contributed by atoms with Gasteiger partial charge >= 0.3 is 12.1 Å². The molecule has 0 aliphatic carbocycles. The van der Waals surface area contributed by atoms with Crippen LogP contribution >= 0.6 is 11.8 Å². The second-order valence-electron chi connectivity index (χ2n) is 4.63. The molecule has 0 fully saturated rings. The molecule has 0 spiro atoms. The van der Waals surface area contributed by atoms with Crippen molar-refractivity contribution in [2.45, 2.75) is 22.4 Å². The lowest BCUT2D eigenvalue weighted by Gasteiger charge is -2.10. The lowest BCUT2D eigenvalue weighted by molar-refractivity contribution is -0.138. The summed E-state index contributed by atoms with van der Waals surface area (Å²) in [5, 5.41) is 17.4. The van der Waals surface area contributed by atoms with E-state index in [1.54, 1.807) is 24.3 Å². The van der Waals surface area contributed by atoms with Crippen molar-refractivity contribution in [2.24, 2.45) is 0 Å². The van der Waals surface area contributed by atoms with Gasteiger partial charge < -0.3 is 5.11 Å². The number of nitriles is 1. The van der Waals surface area contributed by atoms with Gasteiger partial charge in [0, 0.05) is 9.79 Å². The number of halogens is 3. The molecule has 2 rings (SSSR count). The number of hydrogen-bond donors (Lipinski definition) is 1. The van der Waals surface area contributed by atoms with E-state index in [1.807, 2.05) is 0 Å². The molecule has 2 aromatic rings. The quantitative estimate of drug-likeness (QED) is 0.901. The maximum absolute atomic E-state index is 12.9. The van der Waals surface area contributed by atoms with E-state index in [9.17, 15) is 18.0 Å². The average Bonchev–Trinajstić information content (AvgIpc) is 2.48. The Morgan fingerprint density at radius 3 is 2.26 bits per heavy atom. The Morgan fingerprint density at radius 1 is 1.13 bits per heavy atom. The first-order chi connectivity index (χ1) is 10.8. The molecule has 0 atom stereocenters. The molecule has 0 bridgehead atoms. The van der Waals surface area contributed by atoms with E-state index in [1.165, 1.54) is 12.1 Å². The van der Waals surface area contributed by atoms with E-state index < -0.39 is 23.3 Å². The van der Waals surface area contributed by atoms with Crippen LogP contribution in [0.15, 0.2) is 52.3 Å². The van der Waals surface area contributed by atoms with Crippen LogP contribution < -0.4 is 0 Å². The zero-order chi connectivity index (χ0) is 17.0. The Kier molecular flexibility index (Phi) is 4.96. The Hall–Kier alpha value is -2.46. The first-order valence-electron chi connectivity index (χ1n) is 6.39. The van der Waals surface area contributed by atoms with Crippen LogP contribution in [0.25, 0.3) is 0 Å². The van der Waals surface area contributed by atoms with Crippen LogP contribution in [-0.2, 0) is 17.4 Å². The van der Waals surface area contributed by atoms with Gasteiger partial charge in [-0.2, -0.15) is 18.4 Å². The highest BCUT2D eigenvalue weighted by Gasteiger charge is 2.33. The van der Waals surface area contributed by atoms with E-state index in [4.69, 9.17) is 10.4 Å². The molecule has 0 aliphatic rings. The number of benzene rings is 2.